The molecule has 5 nitrogen and oxygen atoms in total. The summed E-state index contributed by atoms with van der Waals surface area (Å²) in [5, 5.41) is 5.73. The second-order valence-corrected chi connectivity index (χ2v) is 7.34. The van der Waals surface area contributed by atoms with E-state index in [2.05, 4.69) is 10.6 Å². The van der Waals surface area contributed by atoms with E-state index < -0.39 is 0 Å². The first-order valence-electron chi connectivity index (χ1n) is 8.04. The molecule has 4 N–H and O–H groups in total. The molecular weight excluding hydrogens is 302 g/mol. The lowest BCUT2D eigenvalue weighted by Crippen LogP contribution is -2.42. The molecule has 1 aliphatic rings. The van der Waals surface area contributed by atoms with E-state index in [1.165, 1.54) is 19.3 Å². The molecule has 0 aromatic carbocycles. The van der Waals surface area contributed by atoms with Gasteiger partial charge in [0.05, 0.1) is 0 Å². The fourth-order valence-electron chi connectivity index (χ4n) is 2.95. The molecule has 0 bridgehead atoms. The highest BCUT2D eigenvalue weighted by Crippen LogP contribution is 2.38. The minimum Gasteiger partial charge on any atom is -0.356 e. The first-order chi connectivity index (χ1) is 9.76. The van der Waals surface area contributed by atoms with Crippen molar-refractivity contribution in [2.75, 3.05) is 13.1 Å². The SMILES string of the molecule is CC(C)(C)NC(=O)CCNC(=O)CC1(CN)CCCCC1.Cl. The van der Waals surface area contributed by atoms with Gasteiger partial charge >= 0.3 is 0 Å². The zero-order valence-electron chi connectivity index (χ0n) is 14.2. The summed E-state index contributed by atoms with van der Waals surface area (Å²) in [5.41, 5.74) is 5.64. The summed E-state index contributed by atoms with van der Waals surface area (Å²) < 4.78 is 0. The highest BCUT2D eigenvalue weighted by atomic mass is 35.5. The molecule has 130 valence electrons. The highest BCUT2D eigenvalue weighted by molar-refractivity contribution is 5.85. The molecule has 1 saturated carbocycles. The minimum atomic E-state index is -0.229. The molecule has 0 saturated heterocycles. The van der Waals surface area contributed by atoms with Crippen LogP contribution in [0.5, 0.6) is 0 Å². The number of nitrogens with one attached hydrogen (secondary N) is 2. The molecule has 1 rings (SSSR count). The van der Waals surface area contributed by atoms with Crippen molar-refractivity contribution in [3.8, 4) is 0 Å². The molecule has 0 unspecified atom stereocenters. The summed E-state index contributed by atoms with van der Waals surface area (Å²) in [7, 11) is 0. The van der Waals surface area contributed by atoms with Gasteiger partial charge in [-0.2, -0.15) is 0 Å². The van der Waals surface area contributed by atoms with Gasteiger partial charge in [0.2, 0.25) is 11.8 Å². The molecule has 1 fully saturated rings. The standard InChI is InChI=1S/C16H31N3O2.ClH/c1-15(2,3)19-13(20)7-10-18-14(21)11-16(12-17)8-5-4-6-9-16;/h4-12,17H2,1-3H3,(H,18,21)(H,19,20);1H. The van der Waals surface area contributed by atoms with E-state index in [0.717, 1.165) is 12.8 Å². The number of carbonyl (C=O) groups excluding carboxylic acids is 2. The molecule has 0 heterocycles. The summed E-state index contributed by atoms with van der Waals surface area (Å²) in [6.45, 7) is 6.79. The number of rotatable bonds is 6. The van der Waals surface area contributed by atoms with Gasteiger partial charge in [-0.25, -0.2) is 0 Å². The minimum absolute atomic E-state index is 0. The maximum atomic E-state index is 12.0. The van der Waals surface area contributed by atoms with Crippen LogP contribution in [-0.4, -0.2) is 30.4 Å². The predicted molar refractivity (Wildman–Crippen MR) is 92.0 cm³/mol. The van der Waals surface area contributed by atoms with Gasteiger partial charge in [0.1, 0.15) is 0 Å². The van der Waals surface area contributed by atoms with Crippen LogP contribution >= 0.6 is 12.4 Å². The van der Waals surface area contributed by atoms with Gasteiger partial charge in [-0.3, -0.25) is 9.59 Å². The van der Waals surface area contributed by atoms with Gasteiger partial charge in [-0.15, -0.1) is 12.4 Å². The second-order valence-electron chi connectivity index (χ2n) is 7.34. The Hall–Kier alpha value is -0.810. The molecular formula is C16H32ClN3O2. The molecule has 0 aliphatic heterocycles. The molecule has 6 heteroatoms. The van der Waals surface area contributed by atoms with E-state index in [0.29, 0.717) is 25.9 Å². The van der Waals surface area contributed by atoms with Crippen LogP contribution in [0.3, 0.4) is 0 Å². The average Bonchev–Trinajstić information content (AvgIpc) is 2.37. The van der Waals surface area contributed by atoms with E-state index in [9.17, 15) is 9.59 Å². The molecule has 0 aromatic heterocycles. The quantitative estimate of drug-likeness (QED) is 0.696. The molecule has 0 spiro atoms. The van der Waals surface area contributed by atoms with Crippen LogP contribution in [0.1, 0.15) is 65.7 Å². The Morgan fingerprint density at radius 2 is 1.68 bits per heavy atom. The normalized spacial score (nSPS) is 17.3. The van der Waals surface area contributed by atoms with Crippen molar-refractivity contribution >= 4 is 24.2 Å². The van der Waals surface area contributed by atoms with Crippen LogP contribution in [0.25, 0.3) is 0 Å². The predicted octanol–water partition coefficient (Wildman–Crippen LogP) is 2.13. The first kappa shape index (κ1) is 21.2. The van der Waals surface area contributed by atoms with Crippen molar-refractivity contribution < 1.29 is 9.59 Å². The third-order valence-corrected chi connectivity index (χ3v) is 4.07. The van der Waals surface area contributed by atoms with Crippen molar-refractivity contribution in [2.24, 2.45) is 11.1 Å². The topological polar surface area (TPSA) is 84.2 Å². The first-order valence-corrected chi connectivity index (χ1v) is 8.04. The van der Waals surface area contributed by atoms with E-state index >= 15 is 0 Å². The smallest absolute Gasteiger partial charge is 0.222 e. The molecule has 22 heavy (non-hydrogen) atoms. The number of nitrogens with two attached hydrogens (primary N) is 1. The van der Waals surface area contributed by atoms with Crippen molar-refractivity contribution in [1.82, 2.24) is 10.6 Å². The Morgan fingerprint density at radius 3 is 2.18 bits per heavy atom. The molecule has 2 amide bonds. The van der Waals surface area contributed by atoms with E-state index in [4.69, 9.17) is 5.73 Å². The second kappa shape index (κ2) is 9.36. The van der Waals surface area contributed by atoms with Crippen molar-refractivity contribution in [2.45, 2.75) is 71.3 Å². The summed E-state index contributed by atoms with van der Waals surface area (Å²) >= 11 is 0. The van der Waals surface area contributed by atoms with Crippen LogP contribution in [0.15, 0.2) is 0 Å². The zero-order valence-corrected chi connectivity index (χ0v) is 15.0. The fourth-order valence-corrected chi connectivity index (χ4v) is 2.95. The molecule has 0 atom stereocenters. The van der Waals surface area contributed by atoms with Crippen LogP contribution < -0.4 is 16.4 Å². The van der Waals surface area contributed by atoms with Crippen molar-refractivity contribution in [1.29, 1.82) is 0 Å². The lowest BCUT2D eigenvalue weighted by atomic mass is 9.71. The van der Waals surface area contributed by atoms with Gasteiger partial charge in [0, 0.05) is 24.9 Å². The number of hydrogen-bond acceptors (Lipinski definition) is 3. The maximum absolute atomic E-state index is 12.0. The number of amides is 2. The lowest BCUT2D eigenvalue weighted by Gasteiger charge is -2.35. The summed E-state index contributed by atoms with van der Waals surface area (Å²) in [6, 6.07) is 0. The van der Waals surface area contributed by atoms with Gasteiger partial charge in [0.15, 0.2) is 0 Å². The Morgan fingerprint density at radius 1 is 1.09 bits per heavy atom. The third-order valence-electron chi connectivity index (χ3n) is 4.07. The zero-order chi connectivity index (χ0) is 15.9. The monoisotopic (exact) mass is 333 g/mol. The average molecular weight is 334 g/mol. The Balaban J connectivity index is 0.00000441. The molecule has 1 aliphatic carbocycles. The summed E-state index contributed by atoms with van der Waals surface area (Å²) in [4.78, 5) is 23.7. The van der Waals surface area contributed by atoms with Crippen molar-refractivity contribution in [3.63, 3.8) is 0 Å². The van der Waals surface area contributed by atoms with Gasteiger partial charge < -0.3 is 16.4 Å². The summed E-state index contributed by atoms with van der Waals surface area (Å²) in [5.74, 6) is -0.0140. The fraction of sp³-hybridized carbons (Fsp3) is 0.875. The molecule has 0 radical (unpaired) electrons. The number of halogens is 1. The Kier molecular flexibility index (Phi) is 9.01. The maximum Gasteiger partial charge on any atom is 0.222 e. The lowest BCUT2D eigenvalue weighted by molar-refractivity contribution is -0.124. The van der Waals surface area contributed by atoms with E-state index in [1.807, 2.05) is 20.8 Å². The highest BCUT2D eigenvalue weighted by Gasteiger charge is 2.32. The van der Waals surface area contributed by atoms with Gasteiger partial charge in [-0.1, -0.05) is 19.3 Å². The van der Waals surface area contributed by atoms with E-state index in [1.54, 1.807) is 0 Å². The largest absolute Gasteiger partial charge is 0.356 e. The van der Waals surface area contributed by atoms with Crippen LogP contribution in [0.2, 0.25) is 0 Å². The van der Waals surface area contributed by atoms with Gasteiger partial charge in [-0.05, 0) is 45.6 Å². The number of hydrogen-bond donors (Lipinski definition) is 3. The van der Waals surface area contributed by atoms with E-state index in [-0.39, 0.29) is 35.2 Å². The third kappa shape index (κ3) is 7.99. The van der Waals surface area contributed by atoms with Crippen LogP contribution in [0.4, 0.5) is 0 Å². The van der Waals surface area contributed by atoms with Crippen LogP contribution in [-0.2, 0) is 9.59 Å². The van der Waals surface area contributed by atoms with Crippen LogP contribution in [0, 0.1) is 5.41 Å². The summed E-state index contributed by atoms with van der Waals surface area (Å²) in [6.07, 6.45) is 6.47. The Bertz CT molecular complexity index is 361. The van der Waals surface area contributed by atoms with Crippen molar-refractivity contribution in [3.05, 3.63) is 0 Å². The molecule has 0 aromatic rings. The Labute approximate surface area is 140 Å². The number of carbonyl (C=O) groups is 2. The van der Waals surface area contributed by atoms with Gasteiger partial charge in [0.25, 0.3) is 0 Å².